The summed E-state index contributed by atoms with van der Waals surface area (Å²) in [6.07, 6.45) is -0.603. The first-order chi connectivity index (χ1) is 3.30. The highest BCUT2D eigenvalue weighted by molar-refractivity contribution is 4.63. The summed E-state index contributed by atoms with van der Waals surface area (Å²) >= 11 is 0. The zero-order valence-electron chi connectivity index (χ0n) is 3.92. The normalized spacial score (nSPS) is 42.0. The van der Waals surface area contributed by atoms with Gasteiger partial charge in [0.05, 0.1) is 6.61 Å². The highest BCUT2D eigenvalue weighted by Gasteiger charge is 2.27. The largest absolute Gasteiger partial charge is 0.419 e. The van der Waals surface area contributed by atoms with Gasteiger partial charge in [0.1, 0.15) is 0 Å². The summed E-state index contributed by atoms with van der Waals surface area (Å²) in [6.45, 7) is 0.537. The molecule has 0 aromatic carbocycles. The minimum atomic E-state index is -0.681. The molecular weight excluding hydrogens is 96.0 g/mol. The maximum atomic E-state index is 8.69. The second-order valence-electron chi connectivity index (χ2n) is 1.65. The second-order valence-corrected chi connectivity index (χ2v) is 1.65. The fourth-order valence-corrected chi connectivity index (χ4v) is 0.578. The standard InChI is InChI=1S/C4H8O3/c5-3-1-2-7-4(3)6/h3-6H,1-2H2/p+1/t3-,4+/m0/s1. The van der Waals surface area contributed by atoms with E-state index in [1.54, 1.807) is 0 Å². The minimum absolute atomic E-state index is 0.537. The summed E-state index contributed by atoms with van der Waals surface area (Å²) in [5.74, 6) is 0. The van der Waals surface area contributed by atoms with Gasteiger partial charge in [0, 0.05) is 6.42 Å². The van der Waals surface area contributed by atoms with Gasteiger partial charge in [0.2, 0.25) is 0 Å². The van der Waals surface area contributed by atoms with E-state index >= 15 is 0 Å². The van der Waals surface area contributed by atoms with Crippen LogP contribution in [0.2, 0.25) is 0 Å². The van der Waals surface area contributed by atoms with Crippen LogP contribution in [0.1, 0.15) is 6.42 Å². The Balaban J connectivity index is 2.33. The van der Waals surface area contributed by atoms with Crippen LogP contribution in [0.4, 0.5) is 0 Å². The van der Waals surface area contributed by atoms with Crippen LogP contribution in [0.15, 0.2) is 0 Å². The SMILES string of the molecule is O[C@H]1CCO[C@H]1[OH2+]. The molecule has 3 nitrogen and oxygen atoms in total. The molecule has 0 saturated carbocycles. The van der Waals surface area contributed by atoms with E-state index in [1.165, 1.54) is 0 Å². The van der Waals surface area contributed by atoms with Crippen LogP contribution >= 0.6 is 0 Å². The Kier molecular flexibility index (Phi) is 1.27. The molecule has 0 bridgehead atoms. The Hall–Kier alpha value is -0.120. The first-order valence-corrected chi connectivity index (χ1v) is 2.31. The van der Waals surface area contributed by atoms with Crippen LogP contribution in [0.5, 0.6) is 0 Å². The zero-order chi connectivity index (χ0) is 5.28. The molecule has 0 aromatic rings. The Labute approximate surface area is 41.5 Å². The monoisotopic (exact) mass is 105 g/mol. The van der Waals surface area contributed by atoms with Crippen molar-refractivity contribution in [3.8, 4) is 0 Å². The number of ether oxygens (including phenoxy) is 1. The maximum Gasteiger partial charge on any atom is 0.290 e. The van der Waals surface area contributed by atoms with Crippen molar-refractivity contribution in [3.05, 3.63) is 0 Å². The van der Waals surface area contributed by atoms with Gasteiger partial charge in [-0.15, -0.1) is 0 Å². The van der Waals surface area contributed by atoms with Gasteiger partial charge in [-0.1, -0.05) is 0 Å². The Morgan fingerprint density at radius 1 is 1.71 bits per heavy atom. The molecule has 0 aliphatic carbocycles. The van der Waals surface area contributed by atoms with Crippen molar-refractivity contribution in [2.45, 2.75) is 18.8 Å². The molecule has 2 atom stereocenters. The lowest BCUT2D eigenvalue weighted by Crippen LogP contribution is -2.18. The Bertz CT molecular complexity index is 56.0. The van der Waals surface area contributed by atoms with Crippen molar-refractivity contribution in [2.75, 3.05) is 6.61 Å². The summed E-state index contributed by atoms with van der Waals surface area (Å²) in [5, 5.41) is 15.6. The number of rotatable bonds is 0. The fourth-order valence-electron chi connectivity index (χ4n) is 0.578. The molecule has 1 aliphatic rings. The molecule has 3 heteroatoms. The van der Waals surface area contributed by atoms with Crippen molar-refractivity contribution >= 4 is 0 Å². The van der Waals surface area contributed by atoms with Crippen molar-refractivity contribution in [3.63, 3.8) is 0 Å². The first-order valence-electron chi connectivity index (χ1n) is 2.31. The summed E-state index contributed by atoms with van der Waals surface area (Å²) in [4.78, 5) is 0. The average Bonchev–Trinajstić information content (AvgIpc) is 1.91. The lowest BCUT2D eigenvalue weighted by molar-refractivity contribution is -0.107. The quantitative estimate of drug-likeness (QED) is 0.394. The van der Waals surface area contributed by atoms with Crippen molar-refractivity contribution in [1.29, 1.82) is 0 Å². The van der Waals surface area contributed by atoms with E-state index in [9.17, 15) is 0 Å². The lowest BCUT2D eigenvalue weighted by Gasteiger charge is -1.97. The lowest BCUT2D eigenvalue weighted by atomic mass is 10.3. The molecule has 1 rings (SSSR count). The molecule has 0 amide bonds. The molecule has 0 unspecified atom stereocenters. The molecule has 3 N–H and O–H groups in total. The maximum absolute atomic E-state index is 8.69. The highest BCUT2D eigenvalue weighted by atomic mass is 16.6. The van der Waals surface area contributed by atoms with Gasteiger partial charge in [0.25, 0.3) is 6.29 Å². The summed E-state index contributed by atoms with van der Waals surface area (Å²) in [6, 6.07) is 0. The van der Waals surface area contributed by atoms with E-state index in [-0.39, 0.29) is 0 Å². The molecule has 0 radical (unpaired) electrons. The molecule has 1 heterocycles. The molecule has 0 aromatic heterocycles. The van der Waals surface area contributed by atoms with Gasteiger partial charge >= 0.3 is 0 Å². The van der Waals surface area contributed by atoms with Gasteiger partial charge in [0.15, 0.2) is 6.10 Å². The van der Waals surface area contributed by atoms with Crippen LogP contribution in [-0.4, -0.2) is 29.2 Å². The predicted molar refractivity (Wildman–Crippen MR) is 24.0 cm³/mol. The van der Waals surface area contributed by atoms with Crippen LogP contribution in [0.3, 0.4) is 0 Å². The second kappa shape index (κ2) is 1.78. The average molecular weight is 105 g/mol. The topological polar surface area (TPSA) is 52.4 Å². The fraction of sp³-hybridized carbons (Fsp3) is 1.00. The van der Waals surface area contributed by atoms with Gasteiger partial charge < -0.3 is 14.9 Å². The molecule has 7 heavy (non-hydrogen) atoms. The van der Waals surface area contributed by atoms with Crippen molar-refractivity contribution < 1.29 is 14.9 Å². The Morgan fingerprint density at radius 2 is 2.43 bits per heavy atom. The zero-order valence-corrected chi connectivity index (χ0v) is 3.92. The third-order valence-corrected chi connectivity index (χ3v) is 1.06. The highest BCUT2D eigenvalue weighted by Crippen LogP contribution is 2.08. The molecule has 0 spiro atoms. The summed E-state index contributed by atoms with van der Waals surface area (Å²) < 4.78 is 4.68. The van der Waals surface area contributed by atoms with Gasteiger partial charge in [-0.3, -0.25) is 0 Å². The third-order valence-electron chi connectivity index (χ3n) is 1.06. The number of hydrogen-bond acceptors (Lipinski definition) is 2. The number of aliphatic hydroxyl groups excluding tert-OH is 1. The van der Waals surface area contributed by atoms with Gasteiger partial charge in [-0.2, -0.15) is 0 Å². The van der Waals surface area contributed by atoms with E-state index in [4.69, 9.17) is 10.2 Å². The summed E-state index contributed by atoms with van der Waals surface area (Å²) in [5.41, 5.74) is 0. The van der Waals surface area contributed by atoms with Crippen LogP contribution in [0, 0.1) is 0 Å². The Morgan fingerprint density at radius 3 is 2.57 bits per heavy atom. The first kappa shape index (κ1) is 5.03. The molecular formula is C4H9O3+. The van der Waals surface area contributed by atoms with Crippen LogP contribution in [-0.2, 0) is 4.74 Å². The van der Waals surface area contributed by atoms with Gasteiger partial charge in [-0.05, 0) is 0 Å². The minimum Gasteiger partial charge on any atom is -0.419 e. The van der Waals surface area contributed by atoms with Gasteiger partial charge in [-0.25, -0.2) is 0 Å². The molecule has 1 aliphatic heterocycles. The van der Waals surface area contributed by atoms with Crippen LogP contribution in [0.25, 0.3) is 0 Å². The third kappa shape index (κ3) is 0.907. The van der Waals surface area contributed by atoms with E-state index in [0.717, 1.165) is 0 Å². The predicted octanol–water partition coefficient (Wildman–Crippen LogP) is -1.18. The van der Waals surface area contributed by atoms with E-state index in [2.05, 4.69) is 4.74 Å². The molecule has 1 fully saturated rings. The van der Waals surface area contributed by atoms with E-state index in [0.29, 0.717) is 13.0 Å². The number of aliphatic hydroxyl groups is 1. The number of hydrogen-bond donors (Lipinski definition) is 1. The molecule has 42 valence electrons. The summed E-state index contributed by atoms with van der Waals surface area (Å²) in [7, 11) is 0. The van der Waals surface area contributed by atoms with Crippen molar-refractivity contribution in [1.82, 2.24) is 0 Å². The molecule has 1 saturated heterocycles. The van der Waals surface area contributed by atoms with E-state index in [1.807, 2.05) is 0 Å². The van der Waals surface area contributed by atoms with E-state index < -0.39 is 12.4 Å². The van der Waals surface area contributed by atoms with Crippen LogP contribution < -0.4 is 0 Å². The smallest absolute Gasteiger partial charge is 0.290 e. The van der Waals surface area contributed by atoms with Crippen molar-refractivity contribution in [2.24, 2.45) is 0 Å².